The van der Waals surface area contributed by atoms with Crippen LogP contribution in [0.15, 0.2) is 24.3 Å². The zero-order valence-electron chi connectivity index (χ0n) is 13.1. The number of rotatable bonds is 9. The molecule has 0 radical (unpaired) electrons. The first-order valence-electron chi connectivity index (χ1n) is 7.30. The molecule has 0 saturated heterocycles. The van der Waals surface area contributed by atoms with Crippen molar-refractivity contribution in [1.82, 2.24) is 5.43 Å². The molecule has 0 aromatic heterocycles. The summed E-state index contributed by atoms with van der Waals surface area (Å²) in [7, 11) is 3.45. The molecule has 0 fully saturated rings. The van der Waals surface area contributed by atoms with Gasteiger partial charge in [0.2, 0.25) is 0 Å². The van der Waals surface area contributed by atoms with Crippen LogP contribution in [0.25, 0.3) is 0 Å². The molecule has 0 aliphatic rings. The van der Waals surface area contributed by atoms with Crippen molar-refractivity contribution < 1.29 is 9.47 Å². The maximum absolute atomic E-state index is 5.75. The Labute approximate surface area is 122 Å². The Kier molecular flexibility index (Phi) is 6.99. The summed E-state index contributed by atoms with van der Waals surface area (Å²) in [5, 5.41) is 0. The van der Waals surface area contributed by atoms with E-state index < -0.39 is 0 Å². The fourth-order valence-corrected chi connectivity index (χ4v) is 2.78. The summed E-state index contributed by atoms with van der Waals surface area (Å²) < 4.78 is 10.9. The first-order valence-corrected chi connectivity index (χ1v) is 7.30. The molecular weight excluding hydrogens is 252 g/mol. The second kappa shape index (κ2) is 8.25. The molecule has 0 aliphatic carbocycles. The quantitative estimate of drug-likeness (QED) is 0.539. The van der Waals surface area contributed by atoms with E-state index in [2.05, 4.69) is 31.4 Å². The second-order valence-corrected chi connectivity index (χ2v) is 5.08. The molecule has 114 valence electrons. The normalized spacial score (nSPS) is 13.2. The van der Waals surface area contributed by atoms with E-state index in [1.54, 1.807) is 14.2 Å². The lowest BCUT2D eigenvalue weighted by atomic mass is 9.85. The van der Waals surface area contributed by atoms with Crippen LogP contribution in [0.2, 0.25) is 0 Å². The van der Waals surface area contributed by atoms with Gasteiger partial charge in [-0.1, -0.05) is 26.0 Å². The summed E-state index contributed by atoms with van der Waals surface area (Å²) in [6, 6.07) is 8.31. The van der Waals surface area contributed by atoms with Crippen LogP contribution in [-0.2, 0) is 11.2 Å². The largest absolute Gasteiger partial charge is 0.497 e. The van der Waals surface area contributed by atoms with Crippen LogP contribution >= 0.6 is 0 Å². The van der Waals surface area contributed by atoms with Crippen molar-refractivity contribution in [2.24, 2.45) is 5.84 Å². The number of aryl methyl sites for hydroxylation is 1. The zero-order chi connectivity index (χ0) is 15.0. The molecule has 1 aromatic carbocycles. The van der Waals surface area contributed by atoms with Crippen LogP contribution < -0.4 is 16.0 Å². The summed E-state index contributed by atoms with van der Waals surface area (Å²) >= 11 is 0. The van der Waals surface area contributed by atoms with Gasteiger partial charge in [-0.2, -0.15) is 0 Å². The Morgan fingerprint density at radius 3 is 2.15 bits per heavy atom. The lowest BCUT2D eigenvalue weighted by molar-refractivity contribution is -0.0493. The number of hydrogen-bond donors (Lipinski definition) is 2. The predicted molar refractivity (Wildman–Crippen MR) is 82.7 cm³/mol. The molecule has 1 atom stereocenters. The molecule has 0 spiro atoms. The maximum Gasteiger partial charge on any atom is 0.118 e. The third kappa shape index (κ3) is 3.95. The van der Waals surface area contributed by atoms with Crippen molar-refractivity contribution in [3.8, 4) is 5.75 Å². The smallest absolute Gasteiger partial charge is 0.118 e. The lowest BCUT2D eigenvalue weighted by Gasteiger charge is -2.38. The highest BCUT2D eigenvalue weighted by molar-refractivity contribution is 5.27. The molecule has 0 aliphatic heterocycles. The SMILES string of the molecule is CCC(CC)(OC)C(CCc1ccc(OC)cc1)NN. The standard InChI is InChI=1S/C16H28N2O2/c1-5-16(6-2,20-4)15(18-17)12-9-13-7-10-14(19-3)11-8-13/h7-8,10-11,15,18H,5-6,9,12,17H2,1-4H3. The van der Waals surface area contributed by atoms with Crippen molar-refractivity contribution in [3.63, 3.8) is 0 Å². The van der Waals surface area contributed by atoms with E-state index in [1.165, 1.54) is 5.56 Å². The minimum Gasteiger partial charge on any atom is -0.497 e. The van der Waals surface area contributed by atoms with Crippen LogP contribution in [0.3, 0.4) is 0 Å². The first-order chi connectivity index (χ1) is 9.65. The highest BCUT2D eigenvalue weighted by atomic mass is 16.5. The number of ether oxygens (including phenoxy) is 2. The first kappa shape index (κ1) is 17.0. The van der Waals surface area contributed by atoms with Crippen LogP contribution in [0.4, 0.5) is 0 Å². The van der Waals surface area contributed by atoms with Crippen LogP contribution in [0.1, 0.15) is 38.7 Å². The van der Waals surface area contributed by atoms with Crippen LogP contribution in [-0.4, -0.2) is 25.9 Å². The van der Waals surface area contributed by atoms with Crippen molar-refractivity contribution in [1.29, 1.82) is 0 Å². The number of hydrogen-bond acceptors (Lipinski definition) is 4. The fourth-order valence-electron chi connectivity index (χ4n) is 2.78. The number of methoxy groups -OCH3 is 2. The predicted octanol–water partition coefficient (Wildman–Crippen LogP) is 2.66. The molecule has 0 bridgehead atoms. The second-order valence-electron chi connectivity index (χ2n) is 5.08. The van der Waals surface area contributed by atoms with Gasteiger partial charge >= 0.3 is 0 Å². The Morgan fingerprint density at radius 2 is 1.75 bits per heavy atom. The average molecular weight is 280 g/mol. The highest BCUT2D eigenvalue weighted by Gasteiger charge is 2.34. The van der Waals surface area contributed by atoms with Crippen molar-refractivity contribution in [2.75, 3.05) is 14.2 Å². The third-order valence-corrected chi connectivity index (χ3v) is 4.32. The van der Waals surface area contributed by atoms with Crippen molar-refractivity contribution in [2.45, 2.75) is 51.2 Å². The van der Waals surface area contributed by atoms with Gasteiger partial charge < -0.3 is 9.47 Å². The maximum atomic E-state index is 5.75. The Balaban J connectivity index is 2.68. The van der Waals surface area contributed by atoms with Gasteiger partial charge in [-0.3, -0.25) is 11.3 Å². The Bertz CT molecular complexity index is 366. The number of benzene rings is 1. The summed E-state index contributed by atoms with van der Waals surface area (Å²) in [4.78, 5) is 0. The summed E-state index contributed by atoms with van der Waals surface area (Å²) in [6.45, 7) is 4.29. The molecule has 0 amide bonds. The van der Waals surface area contributed by atoms with E-state index in [-0.39, 0.29) is 11.6 Å². The molecule has 0 saturated carbocycles. The van der Waals surface area contributed by atoms with E-state index >= 15 is 0 Å². The van der Waals surface area contributed by atoms with E-state index in [1.807, 2.05) is 12.1 Å². The Hall–Kier alpha value is -1.10. The monoisotopic (exact) mass is 280 g/mol. The molecule has 3 N–H and O–H groups in total. The van der Waals surface area contributed by atoms with Gasteiger partial charge in [0.25, 0.3) is 0 Å². The number of nitrogens with one attached hydrogen (secondary N) is 1. The van der Waals surface area contributed by atoms with Gasteiger partial charge in [0, 0.05) is 7.11 Å². The van der Waals surface area contributed by atoms with Crippen LogP contribution in [0, 0.1) is 0 Å². The molecule has 1 aromatic rings. The van der Waals surface area contributed by atoms with Gasteiger partial charge in [-0.25, -0.2) is 0 Å². The van der Waals surface area contributed by atoms with Crippen LogP contribution in [0.5, 0.6) is 5.75 Å². The lowest BCUT2D eigenvalue weighted by Crippen LogP contribution is -2.54. The molecule has 4 nitrogen and oxygen atoms in total. The van der Waals surface area contributed by atoms with Crippen molar-refractivity contribution in [3.05, 3.63) is 29.8 Å². The van der Waals surface area contributed by atoms with Gasteiger partial charge in [0.05, 0.1) is 18.8 Å². The van der Waals surface area contributed by atoms with Gasteiger partial charge in [-0.15, -0.1) is 0 Å². The van der Waals surface area contributed by atoms with E-state index in [9.17, 15) is 0 Å². The topological polar surface area (TPSA) is 56.5 Å². The summed E-state index contributed by atoms with van der Waals surface area (Å²) in [5.41, 5.74) is 4.03. The Morgan fingerprint density at radius 1 is 1.15 bits per heavy atom. The van der Waals surface area contributed by atoms with E-state index in [4.69, 9.17) is 15.3 Å². The molecule has 20 heavy (non-hydrogen) atoms. The minimum atomic E-state index is -0.193. The van der Waals surface area contributed by atoms with Crippen molar-refractivity contribution >= 4 is 0 Å². The number of hydrazine groups is 1. The molecular formula is C16H28N2O2. The average Bonchev–Trinajstić information content (AvgIpc) is 2.52. The molecule has 1 rings (SSSR count). The molecule has 0 heterocycles. The molecule has 4 heteroatoms. The summed E-state index contributed by atoms with van der Waals surface area (Å²) in [6.07, 6.45) is 3.79. The van der Waals surface area contributed by atoms with Gasteiger partial charge in [0.1, 0.15) is 5.75 Å². The van der Waals surface area contributed by atoms with E-state index in [0.717, 1.165) is 31.4 Å². The minimum absolute atomic E-state index is 0.143. The number of nitrogens with two attached hydrogens (primary N) is 1. The van der Waals surface area contributed by atoms with Gasteiger partial charge in [0.15, 0.2) is 0 Å². The van der Waals surface area contributed by atoms with Gasteiger partial charge in [-0.05, 0) is 43.4 Å². The highest BCUT2D eigenvalue weighted by Crippen LogP contribution is 2.27. The zero-order valence-corrected chi connectivity index (χ0v) is 13.1. The third-order valence-electron chi connectivity index (χ3n) is 4.32. The van der Waals surface area contributed by atoms with E-state index in [0.29, 0.717) is 0 Å². The fraction of sp³-hybridized carbons (Fsp3) is 0.625. The summed E-state index contributed by atoms with van der Waals surface area (Å²) in [5.74, 6) is 6.63. The molecule has 1 unspecified atom stereocenters.